The third kappa shape index (κ3) is 1.73. The molecule has 76 valence electrons. The van der Waals surface area contributed by atoms with Gasteiger partial charge in [-0.1, -0.05) is 32.9 Å². The molecule has 2 rings (SSSR count). The minimum absolute atomic E-state index is 0.145. The molecule has 0 saturated carbocycles. The summed E-state index contributed by atoms with van der Waals surface area (Å²) >= 11 is 0. The van der Waals surface area contributed by atoms with Crippen molar-refractivity contribution in [2.45, 2.75) is 26.2 Å². The van der Waals surface area contributed by atoms with Crippen molar-refractivity contribution in [2.24, 2.45) is 0 Å². The number of rotatable bonds is 0. The molecule has 0 aliphatic carbocycles. The molecule has 0 unspecified atom stereocenters. The van der Waals surface area contributed by atoms with Crippen LogP contribution in [0.2, 0.25) is 0 Å². The maximum Gasteiger partial charge on any atom is 0.118 e. The van der Waals surface area contributed by atoms with Crippen molar-refractivity contribution in [3.63, 3.8) is 0 Å². The van der Waals surface area contributed by atoms with Gasteiger partial charge in [-0.15, -0.1) is 0 Å². The minimum Gasteiger partial charge on any atom is -0.346 e. The zero-order chi connectivity index (χ0) is 11.1. The lowest BCUT2D eigenvalue weighted by molar-refractivity contribution is 0.591. The second-order valence-electron chi connectivity index (χ2n) is 4.85. The van der Waals surface area contributed by atoms with Gasteiger partial charge in [0, 0.05) is 10.9 Å². The topological polar surface area (TPSA) is 39.6 Å². The Bertz CT molecular complexity index is 536. The molecule has 0 spiro atoms. The van der Waals surface area contributed by atoms with Crippen LogP contribution in [0.25, 0.3) is 10.9 Å². The summed E-state index contributed by atoms with van der Waals surface area (Å²) in [5.41, 5.74) is 3.09. The van der Waals surface area contributed by atoms with Crippen LogP contribution >= 0.6 is 0 Å². The Morgan fingerprint density at radius 1 is 1.20 bits per heavy atom. The average Bonchev–Trinajstić information content (AvgIpc) is 2.57. The zero-order valence-electron chi connectivity index (χ0n) is 9.26. The summed E-state index contributed by atoms with van der Waals surface area (Å²) < 4.78 is 0. The molecule has 1 heterocycles. The first-order chi connectivity index (χ1) is 7.00. The van der Waals surface area contributed by atoms with Gasteiger partial charge in [0.1, 0.15) is 11.8 Å². The van der Waals surface area contributed by atoms with Crippen LogP contribution in [0.15, 0.2) is 24.3 Å². The number of hydrogen-bond acceptors (Lipinski definition) is 1. The monoisotopic (exact) mass is 198 g/mol. The van der Waals surface area contributed by atoms with Crippen molar-refractivity contribution in [3.05, 3.63) is 35.5 Å². The Balaban J connectivity index is 2.62. The number of benzene rings is 1. The summed E-state index contributed by atoms with van der Waals surface area (Å²) in [5.74, 6) is 0. The predicted molar refractivity (Wildman–Crippen MR) is 61.7 cm³/mol. The lowest BCUT2D eigenvalue weighted by Crippen LogP contribution is -2.10. The van der Waals surface area contributed by atoms with Gasteiger partial charge in [0.15, 0.2) is 0 Å². The van der Waals surface area contributed by atoms with Crippen molar-refractivity contribution in [3.8, 4) is 6.07 Å². The summed E-state index contributed by atoms with van der Waals surface area (Å²) in [6, 6.07) is 10.3. The second kappa shape index (κ2) is 3.13. The maximum atomic E-state index is 8.79. The Kier molecular flexibility index (Phi) is 2.04. The van der Waals surface area contributed by atoms with Crippen molar-refractivity contribution >= 4 is 10.9 Å². The molecule has 0 atom stereocenters. The van der Waals surface area contributed by atoms with Gasteiger partial charge in [0.2, 0.25) is 0 Å². The van der Waals surface area contributed by atoms with E-state index >= 15 is 0 Å². The van der Waals surface area contributed by atoms with E-state index in [1.54, 1.807) is 0 Å². The van der Waals surface area contributed by atoms with Crippen LogP contribution in [-0.2, 0) is 5.41 Å². The summed E-state index contributed by atoms with van der Waals surface area (Å²) in [4.78, 5) is 3.10. The number of aromatic nitrogens is 1. The molecule has 2 nitrogen and oxygen atoms in total. The minimum atomic E-state index is 0.145. The summed E-state index contributed by atoms with van der Waals surface area (Å²) in [6.45, 7) is 6.55. The number of fused-ring (bicyclic) bond motifs is 1. The number of nitriles is 1. The molecule has 1 aromatic heterocycles. The number of aromatic amines is 1. The van der Waals surface area contributed by atoms with E-state index in [0.29, 0.717) is 5.69 Å². The number of H-pyrrole nitrogens is 1. The summed E-state index contributed by atoms with van der Waals surface area (Å²) in [7, 11) is 0. The summed E-state index contributed by atoms with van der Waals surface area (Å²) in [5, 5.41) is 9.88. The molecule has 1 aromatic carbocycles. The SMILES string of the molecule is CC(C)(C)c1ccc2cc(C#N)[nH]c2c1. The van der Waals surface area contributed by atoms with Crippen molar-refractivity contribution in [1.82, 2.24) is 4.98 Å². The largest absolute Gasteiger partial charge is 0.346 e. The van der Waals surface area contributed by atoms with Gasteiger partial charge >= 0.3 is 0 Å². The quantitative estimate of drug-likeness (QED) is 0.692. The normalized spacial score (nSPS) is 11.6. The van der Waals surface area contributed by atoms with Gasteiger partial charge in [-0.05, 0) is 23.1 Å². The molecular formula is C13H14N2. The highest BCUT2D eigenvalue weighted by atomic mass is 14.7. The van der Waals surface area contributed by atoms with Gasteiger partial charge in [-0.3, -0.25) is 0 Å². The smallest absolute Gasteiger partial charge is 0.118 e. The van der Waals surface area contributed by atoms with E-state index in [1.807, 2.05) is 6.07 Å². The Morgan fingerprint density at radius 2 is 1.93 bits per heavy atom. The fourth-order valence-electron chi connectivity index (χ4n) is 1.65. The zero-order valence-corrected chi connectivity index (χ0v) is 9.26. The van der Waals surface area contributed by atoms with Crippen LogP contribution in [0.4, 0.5) is 0 Å². The first kappa shape index (κ1) is 9.79. The van der Waals surface area contributed by atoms with Gasteiger partial charge in [0.25, 0.3) is 0 Å². The van der Waals surface area contributed by atoms with E-state index in [4.69, 9.17) is 5.26 Å². The highest BCUT2D eigenvalue weighted by Crippen LogP contribution is 2.26. The lowest BCUT2D eigenvalue weighted by Gasteiger charge is -2.18. The molecule has 0 fully saturated rings. The molecule has 15 heavy (non-hydrogen) atoms. The summed E-state index contributed by atoms with van der Waals surface area (Å²) in [6.07, 6.45) is 0. The first-order valence-corrected chi connectivity index (χ1v) is 5.04. The molecule has 0 aliphatic heterocycles. The third-order valence-corrected chi connectivity index (χ3v) is 2.61. The molecule has 0 aliphatic rings. The van der Waals surface area contributed by atoms with Crippen LogP contribution in [0.3, 0.4) is 0 Å². The molecular weight excluding hydrogens is 184 g/mol. The number of hydrogen-bond donors (Lipinski definition) is 1. The van der Waals surface area contributed by atoms with Gasteiger partial charge in [-0.2, -0.15) is 5.26 Å². The fraction of sp³-hybridized carbons (Fsp3) is 0.308. The van der Waals surface area contributed by atoms with Crippen molar-refractivity contribution < 1.29 is 0 Å². The van der Waals surface area contributed by atoms with Crippen LogP contribution in [0.5, 0.6) is 0 Å². The third-order valence-electron chi connectivity index (χ3n) is 2.61. The Morgan fingerprint density at radius 3 is 2.53 bits per heavy atom. The maximum absolute atomic E-state index is 8.79. The van der Waals surface area contributed by atoms with Gasteiger partial charge < -0.3 is 4.98 Å². The van der Waals surface area contributed by atoms with E-state index in [2.05, 4.69) is 50.0 Å². The molecule has 0 amide bonds. The molecule has 0 saturated heterocycles. The van der Waals surface area contributed by atoms with E-state index in [-0.39, 0.29) is 5.41 Å². The Hall–Kier alpha value is -1.75. The highest BCUT2D eigenvalue weighted by Gasteiger charge is 2.14. The van der Waals surface area contributed by atoms with E-state index in [0.717, 1.165) is 10.9 Å². The van der Waals surface area contributed by atoms with Crippen LogP contribution in [0, 0.1) is 11.3 Å². The standard InChI is InChI=1S/C13H14N2/c1-13(2,3)10-5-4-9-6-11(8-14)15-12(9)7-10/h4-7,15H,1-3H3. The average molecular weight is 198 g/mol. The van der Waals surface area contributed by atoms with E-state index in [1.165, 1.54) is 5.56 Å². The molecule has 0 radical (unpaired) electrons. The number of nitrogens with one attached hydrogen (secondary N) is 1. The van der Waals surface area contributed by atoms with Crippen LogP contribution in [-0.4, -0.2) is 4.98 Å². The van der Waals surface area contributed by atoms with Gasteiger partial charge in [-0.25, -0.2) is 0 Å². The molecule has 2 heteroatoms. The fourth-order valence-corrected chi connectivity index (χ4v) is 1.65. The molecule has 0 bridgehead atoms. The van der Waals surface area contributed by atoms with Crippen molar-refractivity contribution in [1.29, 1.82) is 5.26 Å². The van der Waals surface area contributed by atoms with Crippen LogP contribution < -0.4 is 0 Å². The van der Waals surface area contributed by atoms with Crippen molar-refractivity contribution in [2.75, 3.05) is 0 Å². The van der Waals surface area contributed by atoms with Crippen LogP contribution in [0.1, 0.15) is 32.0 Å². The Labute approximate surface area is 89.5 Å². The lowest BCUT2D eigenvalue weighted by atomic mass is 9.87. The number of nitrogens with zero attached hydrogens (tertiary/aromatic N) is 1. The highest BCUT2D eigenvalue weighted by molar-refractivity contribution is 5.82. The molecule has 2 aromatic rings. The second-order valence-corrected chi connectivity index (χ2v) is 4.85. The van der Waals surface area contributed by atoms with E-state index in [9.17, 15) is 0 Å². The molecule has 1 N–H and O–H groups in total. The van der Waals surface area contributed by atoms with E-state index < -0.39 is 0 Å². The first-order valence-electron chi connectivity index (χ1n) is 5.04. The van der Waals surface area contributed by atoms with Gasteiger partial charge in [0.05, 0.1) is 0 Å². The predicted octanol–water partition coefficient (Wildman–Crippen LogP) is 3.34.